The predicted octanol–water partition coefficient (Wildman–Crippen LogP) is 4.76. The normalized spacial score (nSPS) is 10.8. The van der Waals surface area contributed by atoms with Gasteiger partial charge in [0.2, 0.25) is 5.76 Å². The smallest absolute Gasteiger partial charge is 0.373 e. The zero-order valence-corrected chi connectivity index (χ0v) is 19.1. The summed E-state index contributed by atoms with van der Waals surface area (Å²) in [6.07, 6.45) is 2.23. The number of rotatable bonds is 9. The van der Waals surface area contributed by atoms with E-state index in [1.165, 1.54) is 26.4 Å². The molecule has 3 aromatic rings. The Hall–Kier alpha value is -4.51. The van der Waals surface area contributed by atoms with Crippen LogP contribution in [0.4, 0.5) is 5.69 Å². The Bertz CT molecular complexity index is 1250. The van der Waals surface area contributed by atoms with E-state index >= 15 is 0 Å². The molecule has 0 spiro atoms. The first-order valence-corrected chi connectivity index (χ1v) is 10.5. The van der Waals surface area contributed by atoms with Crippen LogP contribution in [0, 0.1) is 11.3 Å². The Balaban J connectivity index is 1.74. The second-order valence-corrected chi connectivity index (χ2v) is 7.09. The molecule has 3 rings (SSSR count). The van der Waals surface area contributed by atoms with Crippen LogP contribution in [0.2, 0.25) is 0 Å². The quantitative estimate of drug-likeness (QED) is 0.278. The van der Waals surface area contributed by atoms with Crippen LogP contribution in [0.25, 0.3) is 6.08 Å². The average Bonchev–Trinajstić information content (AvgIpc) is 3.35. The molecule has 8 nitrogen and oxygen atoms in total. The second kappa shape index (κ2) is 11.4. The third-order valence-electron chi connectivity index (χ3n) is 4.93. The van der Waals surface area contributed by atoms with Crippen LogP contribution in [0.1, 0.15) is 34.4 Å². The number of nitrogens with one attached hydrogen (secondary N) is 1. The lowest BCUT2D eigenvalue weighted by Crippen LogP contribution is -2.14. The molecule has 1 heterocycles. The Labute approximate surface area is 197 Å². The van der Waals surface area contributed by atoms with E-state index in [0.717, 1.165) is 12.0 Å². The fraction of sp³-hybridized carbons (Fsp3) is 0.192. The third kappa shape index (κ3) is 5.84. The summed E-state index contributed by atoms with van der Waals surface area (Å²) in [7, 11) is 2.75. The van der Waals surface area contributed by atoms with Crippen molar-refractivity contribution in [3.05, 3.63) is 82.8 Å². The van der Waals surface area contributed by atoms with Crippen LogP contribution in [0.3, 0.4) is 0 Å². The number of nitrogens with zero attached hydrogens (tertiary/aromatic N) is 1. The summed E-state index contributed by atoms with van der Waals surface area (Å²) in [5.74, 6) is 0.273. The highest BCUT2D eigenvalue weighted by molar-refractivity contribution is 6.10. The zero-order valence-electron chi connectivity index (χ0n) is 19.1. The number of aryl methyl sites for hydroxylation is 1. The molecule has 0 aliphatic heterocycles. The fourth-order valence-electron chi connectivity index (χ4n) is 3.16. The molecular formula is C26H24N2O6. The number of anilines is 1. The molecule has 1 amide bonds. The topological polar surface area (TPSA) is 111 Å². The first kappa shape index (κ1) is 24.1. The van der Waals surface area contributed by atoms with Gasteiger partial charge in [0.1, 0.15) is 24.0 Å². The molecule has 0 aliphatic carbocycles. The number of amides is 1. The summed E-state index contributed by atoms with van der Waals surface area (Å²) in [5.41, 5.74) is 2.19. The molecule has 0 aliphatic rings. The van der Waals surface area contributed by atoms with E-state index in [9.17, 15) is 14.9 Å². The lowest BCUT2D eigenvalue weighted by molar-refractivity contribution is -0.112. The summed E-state index contributed by atoms with van der Waals surface area (Å²) in [6.45, 7) is 2.05. The molecule has 0 fully saturated rings. The molecule has 1 N–H and O–H groups in total. The van der Waals surface area contributed by atoms with Gasteiger partial charge in [0.05, 0.1) is 14.2 Å². The highest BCUT2D eigenvalue weighted by Crippen LogP contribution is 2.30. The van der Waals surface area contributed by atoms with Crippen LogP contribution in [-0.2, 0) is 22.6 Å². The number of furan rings is 1. The summed E-state index contributed by atoms with van der Waals surface area (Å²) in [6, 6.07) is 17.5. The van der Waals surface area contributed by atoms with Crippen molar-refractivity contribution in [2.45, 2.75) is 20.0 Å². The van der Waals surface area contributed by atoms with Gasteiger partial charge in [-0.1, -0.05) is 31.2 Å². The largest absolute Gasteiger partial charge is 0.493 e. The van der Waals surface area contributed by atoms with Crippen LogP contribution in [0.5, 0.6) is 11.5 Å². The van der Waals surface area contributed by atoms with Crippen LogP contribution in [0.15, 0.2) is 64.6 Å². The Kier molecular flexibility index (Phi) is 8.08. The van der Waals surface area contributed by atoms with Crippen LogP contribution < -0.4 is 14.8 Å². The summed E-state index contributed by atoms with van der Waals surface area (Å²) < 4.78 is 21.1. The number of hydrogen-bond donors (Lipinski definition) is 1. The van der Waals surface area contributed by atoms with Gasteiger partial charge in [-0.25, -0.2) is 4.79 Å². The van der Waals surface area contributed by atoms with Crippen molar-refractivity contribution in [3.8, 4) is 17.6 Å². The minimum absolute atomic E-state index is 0.0486. The molecule has 0 bridgehead atoms. The minimum atomic E-state index is -0.574. The summed E-state index contributed by atoms with van der Waals surface area (Å²) in [4.78, 5) is 24.2. The van der Waals surface area contributed by atoms with Crippen molar-refractivity contribution in [1.29, 1.82) is 5.26 Å². The number of carbonyl (C=O) groups excluding carboxylic acids is 2. The lowest BCUT2D eigenvalue weighted by atomic mass is 10.1. The van der Waals surface area contributed by atoms with Gasteiger partial charge in [0, 0.05) is 5.69 Å². The maximum Gasteiger partial charge on any atom is 0.373 e. The van der Waals surface area contributed by atoms with E-state index < -0.39 is 11.9 Å². The second-order valence-electron chi connectivity index (χ2n) is 7.09. The predicted molar refractivity (Wildman–Crippen MR) is 125 cm³/mol. The van der Waals surface area contributed by atoms with Gasteiger partial charge in [-0.2, -0.15) is 5.26 Å². The van der Waals surface area contributed by atoms with E-state index in [-0.39, 0.29) is 17.9 Å². The van der Waals surface area contributed by atoms with Crippen LogP contribution in [-0.4, -0.2) is 26.1 Å². The first-order chi connectivity index (χ1) is 16.5. The lowest BCUT2D eigenvalue weighted by Gasteiger charge is -2.11. The van der Waals surface area contributed by atoms with E-state index in [2.05, 4.69) is 10.1 Å². The number of benzene rings is 2. The van der Waals surface area contributed by atoms with Gasteiger partial charge in [0.15, 0.2) is 11.5 Å². The van der Waals surface area contributed by atoms with Gasteiger partial charge in [-0.15, -0.1) is 0 Å². The fourth-order valence-corrected chi connectivity index (χ4v) is 3.16. The van der Waals surface area contributed by atoms with Crippen molar-refractivity contribution in [2.24, 2.45) is 0 Å². The zero-order chi connectivity index (χ0) is 24.5. The summed E-state index contributed by atoms with van der Waals surface area (Å²) in [5, 5.41) is 12.3. The van der Waals surface area contributed by atoms with Crippen molar-refractivity contribution >= 4 is 23.6 Å². The molecule has 0 saturated heterocycles. The summed E-state index contributed by atoms with van der Waals surface area (Å²) >= 11 is 0. The molecule has 174 valence electrons. The number of para-hydroxylation sites is 1. The molecule has 1 aromatic heterocycles. The van der Waals surface area contributed by atoms with Crippen molar-refractivity contribution in [1.82, 2.24) is 0 Å². The van der Waals surface area contributed by atoms with E-state index in [1.54, 1.807) is 30.3 Å². The standard InChI is InChI=1S/C26H24N2O6/c1-4-18-7-5-6-8-21(18)28-25(29)19(15-27)13-17-9-11-22(24(14-17)31-2)33-16-20-10-12-23(34-20)26(30)32-3/h5-14H,4,16H2,1-3H3,(H,28,29)/b19-13+. The molecule has 34 heavy (non-hydrogen) atoms. The molecule has 0 saturated carbocycles. The van der Waals surface area contributed by atoms with Crippen molar-refractivity contribution in [2.75, 3.05) is 19.5 Å². The minimum Gasteiger partial charge on any atom is -0.493 e. The van der Waals surface area contributed by atoms with Gasteiger partial charge < -0.3 is 23.9 Å². The molecule has 2 aromatic carbocycles. The SMILES string of the molecule is CCc1ccccc1NC(=O)/C(C#N)=C/c1ccc(OCc2ccc(C(=O)OC)o2)c(OC)c1. The number of nitriles is 1. The molecular weight excluding hydrogens is 436 g/mol. The Morgan fingerprint density at radius 2 is 1.88 bits per heavy atom. The highest BCUT2D eigenvalue weighted by atomic mass is 16.5. The van der Waals surface area contributed by atoms with Gasteiger partial charge >= 0.3 is 5.97 Å². The van der Waals surface area contributed by atoms with Crippen molar-refractivity contribution < 1.29 is 28.2 Å². The van der Waals surface area contributed by atoms with Crippen molar-refractivity contribution in [3.63, 3.8) is 0 Å². The van der Waals surface area contributed by atoms with Gasteiger partial charge in [-0.05, 0) is 54.0 Å². The first-order valence-electron chi connectivity index (χ1n) is 10.5. The third-order valence-corrected chi connectivity index (χ3v) is 4.93. The maximum atomic E-state index is 12.7. The Morgan fingerprint density at radius 1 is 1.09 bits per heavy atom. The number of ether oxygens (including phenoxy) is 3. The highest BCUT2D eigenvalue weighted by Gasteiger charge is 2.14. The molecule has 0 atom stereocenters. The van der Waals surface area contributed by atoms with E-state index in [1.807, 2.05) is 31.2 Å². The van der Waals surface area contributed by atoms with Crippen LogP contribution >= 0.6 is 0 Å². The number of esters is 1. The van der Waals surface area contributed by atoms with Gasteiger partial charge in [0.25, 0.3) is 5.91 Å². The number of methoxy groups -OCH3 is 2. The molecule has 8 heteroatoms. The molecule has 0 radical (unpaired) electrons. The van der Waals surface area contributed by atoms with E-state index in [0.29, 0.717) is 28.5 Å². The monoisotopic (exact) mass is 460 g/mol. The number of carbonyl (C=O) groups is 2. The average molecular weight is 460 g/mol. The Morgan fingerprint density at radius 3 is 2.59 bits per heavy atom. The van der Waals surface area contributed by atoms with E-state index in [4.69, 9.17) is 13.9 Å². The maximum absolute atomic E-state index is 12.7. The molecule has 0 unspecified atom stereocenters. The van der Waals surface area contributed by atoms with Gasteiger partial charge in [-0.3, -0.25) is 4.79 Å². The number of hydrogen-bond acceptors (Lipinski definition) is 7.